The first-order chi connectivity index (χ1) is 7.20. The van der Waals surface area contributed by atoms with Crippen LogP contribution in [0.5, 0.6) is 5.75 Å². The van der Waals surface area contributed by atoms with Gasteiger partial charge >= 0.3 is 0 Å². The minimum Gasteiger partial charge on any atom is -0.487 e. The van der Waals surface area contributed by atoms with Crippen LogP contribution >= 0.6 is 12.4 Å². The lowest BCUT2D eigenvalue weighted by molar-refractivity contribution is 0.0230. The average Bonchev–Trinajstić information content (AvgIpc) is 2.14. The summed E-state index contributed by atoms with van der Waals surface area (Å²) in [7, 11) is 0. The lowest BCUT2D eigenvalue weighted by atomic mass is 10.1. The van der Waals surface area contributed by atoms with Crippen molar-refractivity contribution in [2.24, 2.45) is 0 Å². The molecule has 2 rings (SSSR count). The molecule has 1 aliphatic heterocycles. The molecule has 0 aliphatic carbocycles. The zero-order valence-corrected chi connectivity index (χ0v) is 11.0. The van der Waals surface area contributed by atoms with Crippen molar-refractivity contribution in [2.45, 2.75) is 26.9 Å². The summed E-state index contributed by atoms with van der Waals surface area (Å²) in [5.41, 5.74) is 2.48. The van der Waals surface area contributed by atoms with E-state index in [-0.39, 0.29) is 12.4 Å². The quantitative estimate of drug-likeness (QED) is 0.807. The number of nitrogens with zero attached hydrogens (tertiary/aromatic N) is 1. The van der Waals surface area contributed by atoms with Crippen molar-refractivity contribution >= 4 is 12.4 Å². The topological polar surface area (TPSA) is 12.5 Å². The molecule has 0 unspecified atom stereocenters. The summed E-state index contributed by atoms with van der Waals surface area (Å²) in [5, 5.41) is 0. The molecule has 0 radical (unpaired) electrons. The lowest BCUT2D eigenvalue weighted by Crippen LogP contribution is -2.53. The van der Waals surface area contributed by atoms with Crippen LogP contribution in [0.25, 0.3) is 0 Å². The third-order valence-corrected chi connectivity index (χ3v) is 3.06. The smallest absolute Gasteiger partial charge is 0.125 e. The molecular weight excluding hydrogens is 222 g/mol. The summed E-state index contributed by atoms with van der Waals surface area (Å²) in [4.78, 5) is 2.39. The van der Waals surface area contributed by atoms with Gasteiger partial charge in [0.15, 0.2) is 0 Å². The molecule has 16 heavy (non-hydrogen) atoms. The van der Waals surface area contributed by atoms with E-state index in [1.165, 1.54) is 11.1 Å². The summed E-state index contributed by atoms with van der Waals surface area (Å²) in [6, 6.07) is 6.30. The predicted octanol–water partition coefficient (Wildman–Crippen LogP) is 2.81. The van der Waals surface area contributed by atoms with E-state index in [1.807, 2.05) is 0 Å². The van der Waals surface area contributed by atoms with E-state index in [1.54, 1.807) is 0 Å². The van der Waals surface area contributed by atoms with E-state index in [9.17, 15) is 0 Å². The fourth-order valence-electron chi connectivity index (χ4n) is 2.01. The molecule has 0 bridgehead atoms. The molecule has 0 aromatic heterocycles. The Hall–Kier alpha value is -0.730. The summed E-state index contributed by atoms with van der Waals surface area (Å²) < 4.78 is 6.00. The van der Waals surface area contributed by atoms with E-state index >= 15 is 0 Å². The van der Waals surface area contributed by atoms with Crippen LogP contribution in [-0.2, 0) is 0 Å². The van der Waals surface area contributed by atoms with Crippen LogP contribution in [0.15, 0.2) is 18.2 Å². The van der Waals surface area contributed by atoms with Crippen LogP contribution in [0.3, 0.4) is 0 Å². The van der Waals surface area contributed by atoms with Crippen molar-refractivity contribution in [3.8, 4) is 5.75 Å². The molecule has 0 atom stereocenters. The van der Waals surface area contributed by atoms with Crippen LogP contribution < -0.4 is 4.74 Å². The number of rotatable bonds is 3. The minimum atomic E-state index is 0. The molecule has 90 valence electrons. The van der Waals surface area contributed by atoms with Gasteiger partial charge in [0, 0.05) is 13.1 Å². The summed E-state index contributed by atoms with van der Waals surface area (Å²) in [5.74, 6) is 1.08. The molecule has 1 aromatic rings. The zero-order chi connectivity index (χ0) is 10.8. The van der Waals surface area contributed by atoms with Gasteiger partial charge in [0.25, 0.3) is 0 Å². The first kappa shape index (κ1) is 13.3. The average molecular weight is 242 g/mol. The van der Waals surface area contributed by atoms with E-state index in [2.05, 4.69) is 43.9 Å². The summed E-state index contributed by atoms with van der Waals surface area (Å²) in [6.07, 6.45) is 0.393. The Bertz CT molecular complexity index is 328. The maximum Gasteiger partial charge on any atom is 0.125 e. The number of aryl methyl sites for hydroxylation is 2. The molecule has 1 aliphatic rings. The fourth-order valence-corrected chi connectivity index (χ4v) is 2.01. The van der Waals surface area contributed by atoms with Crippen molar-refractivity contribution in [1.29, 1.82) is 0 Å². The monoisotopic (exact) mass is 241 g/mol. The fraction of sp³-hybridized carbons (Fsp3) is 0.538. The molecular formula is C13H20ClNO. The zero-order valence-electron chi connectivity index (χ0n) is 10.2. The third kappa shape index (κ3) is 2.69. The van der Waals surface area contributed by atoms with Gasteiger partial charge in [-0.3, -0.25) is 4.90 Å². The second kappa shape index (κ2) is 5.55. The van der Waals surface area contributed by atoms with Crippen LogP contribution in [0, 0.1) is 13.8 Å². The van der Waals surface area contributed by atoms with Gasteiger partial charge in [-0.25, -0.2) is 0 Å². The van der Waals surface area contributed by atoms with E-state index in [4.69, 9.17) is 4.74 Å². The Labute approximate surface area is 104 Å². The highest BCUT2D eigenvalue weighted by molar-refractivity contribution is 5.85. The highest BCUT2D eigenvalue weighted by atomic mass is 35.5. The number of benzene rings is 1. The first-order valence-corrected chi connectivity index (χ1v) is 5.66. The predicted molar refractivity (Wildman–Crippen MR) is 69.7 cm³/mol. The normalized spacial score (nSPS) is 16.4. The molecule has 1 aromatic carbocycles. The number of likely N-dealkylation sites (N-methyl/N-ethyl adjacent to an activating group) is 1. The van der Waals surface area contributed by atoms with E-state index < -0.39 is 0 Å². The van der Waals surface area contributed by atoms with Crippen LogP contribution in [0.2, 0.25) is 0 Å². The van der Waals surface area contributed by atoms with E-state index in [0.29, 0.717) is 6.10 Å². The molecule has 1 heterocycles. The molecule has 0 spiro atoms. The largest absolute Gasteiger partial charge is 0.487 e. The first-order valence-electron chi connectivity index (χ1n) is 5.66. The molecule has 1 saturated heterocycles. The summed E-state index contributed by atoms with van der Waals surface area (Å²) >= 11 is 0. The Morgan fingerprint density at radius 3 is 2.31 bits per heavy atom. The van der Waals surface area contributed by atoms with Gasteiger partial charge in [-0.15, -0.1) is 12.4 Å². The number of hydrogen-bond acceptors (Lipinski definition) is 2. The summed E-state index contributed by atoms with van der Waals surface area (Å²) in [6.45, 7) is 9.69. The maximum absolute atomic E-state index is 6.00. The Morgan fingerprint density at radius 2 is 1.81 bits per heavy atom. The second-order valence-electron chi connectivity index (χ2n) is 4.31. The number of likely N-dealkylation sites (tertiary alicyclic amines) is 1. The van der Waals surface area contributed by atoms with Crippen molar-refractivity contribution < 1.29 is 4.74 Å². The van der Waals surface area contributed by atoms with Gasteiger partial charge in [0.2, 0.25) is 0 Å². The maximum atomic E-state index is 6.00. The number of hydrogen-bond donors (Lipinski definition) is 0. The van der Waals surface area contributed by atoms with Crippen molar-refractivity contribution in [3.05, 3.63) is 29.3 Å². The number of para-hydroxylation sites is 1. The molecule has 3 heteroatoms. The van der Waals surface area contributed by atoms with Gasteiger partial charge < -0.3 is 4.74 Å². The van der Waals surface area contributed by atoms with Gasteiger partial charge in [0.05, 0.1) is 0 Å². The third-order valence-electron chi connectivity index (χ3n) is 3.06. The van der Waals surface area contributed by atoms with Crippen molar-refractivity contribution in [3.63, 3.8) is 0 Å². The van der Waals surface area contributed by atoms with Crippen LogP contribution in [0.4, 0.5) is 0 Å². The number of halogens is 1. The van der Waals surface area contributed by atoms with Crippen LogP contribution in [-0.4, -0.2) is 30.6 Å². The molecule has 0 amide bonds. The molecule has 1 fully saturated rings. The van der Waals surface area contributed by atoms with Gasteiger partial charge in [0.1, 0.15) is 11.9 Å². The van der Waals surface area contributed by atoms with E-state index in [0.717, 1.165) is 25.4 Å². The Morgan fingerprint density at radius 1 is 1.25 bits per heavy atom. The standard InChI is InChI=1S/C13H19NO.ClH/c1-4-14-8-12(9-14)15-13-10(2)6-5-7-11(13)3;/h5-7,12H,4,8-9H2,1-3H3;1H. The Kier molecular flexibility index (Phi) is 4.63. The lowest BCUT2D eigenvalue weighted by Gasteiger charge is -2.38. The van der Waals surface area contributed by atoms with Crippen molar-refractivity contribution in [2.75, 3.05) is 19.6 Å². The van der Waals surface area contributed by atoms with Crippen LogP contribution in [0.1, 0.15) is 18.1 Å². The SMILES string of the molecule is CCN1CC(Oc2c(C)cccc2C)C1.Cl. The second-order valence-corrected chi connectivity index (χ2v) is 4.31. The highest BCUT2D eigenvalue weighted by Gasteiger charge is 2.27. The highest BCUT2D eigenvalue weighted by Crippen LogP contribution is 2.25. The number of ether oxygens (including phenoxy) is 1. The van der Waals surface area contributed by atoms with Gasteiger partial charge in [-0.2, -0.15) is 0 Å². The minimum absolute atomic E-state index is 0. The molecule has 0 N–H and O–H groups in total. The molecule has 0 saturated carbocycles. The Balaban J connectivity index is 0.00000128. The van der Waals surface area contributed by atoms with Crippen molar-refractivity contribution in [1.82, 2.24) is 4.90 Å². The molecule has 2 nitrogen and oxygen atoms in total. The van der Waals surface area contributed by atoms with Gasteiger partial charge in [-0.05, 0) is 31.5 Å². The van der Waals surface area contributed by atoms with Gasteiger partial charge in [-0.1, -0.05) is 25.1 Å².